The van der Waals surface area contributed by atoms with E-state index in [1.165, 1.54) is 0 Å². The molecule has 0 spiro atoms. The van der Waals surface area contributed by atoms with Crippen molar-refractivity contribution in [2.75, 3.05) is 11.5 Å². The fourth-order valence-electron chi connectivity index (χ4n) is 2.92. The normalized spacial score (nSPS) is 29.8. The molecular weight excluding hydrogens is 264 g/mol. The predicted octanol–water partition coefficient (Wildman–Crippen LogP) is 1.12. The van der Waals surface area contributed by atoms with E-state index in [1.807, 2.05) is 0 Å². The number of carbonyl (C=O) groups excluding carboxylic acids is 1. The second kappa shape index (κ2) is 3.65. The summed E-state index contributed by atoms with van der Waals surface area (Å²) >= 11 is 0. The molecule has 4 nitrogen and oxygen atoms in total. The summed E-state index contributed by atoms with van der Waals surface area (Å²) in [7, 11) is -3.06. The molecule has 1 aliphatic carbocycles. The lowest BCUT2D eigenvalue weighted by atomic mass is 9.63. The van der Waals surface area contributed by atoms with Crippen LogP contribution >= 0.6 is 0 Å². The summed E-state index contributed by atoms with van der Waals surface area (Å²) in [6.07, 6.45) is -0.534. The van der Waals surface area contributed by atoms with Gasteiger partial charge in [-0.3, -0.25) is 4.79 Å². The monoisotopic (exact) mass is 281 g/mol. The van der Waals surface area contributed by atoms with Crippen molar-refractivity contribution in [3.63, 3.8) is 0 Å². The van der Waals surface area contributed by atoms with Crippen LogP contribution in [0.3, 0.4) is 0 Å². The average molecular weight is 281 g/mol. The van der Waals surface area contributed by atoms with Crippen molar-refractivity contribution in [3.8, 4) is 0 Å². The van der Waals surface area contributed by atoms with Gasteiger partial charge in [0, 0.05) is 12.8 Å². The van der Waals surface area contributed by atoms with Gasteiger partial charge in [-0.05, 0) is 13.3 Å². The minimum absolute atomic E-state index is 0.109. The van der Waals surface area contributed by atoms with Gasteiger partial charge in [-0.15, -0.1) is 0 Å². The highest BCUT2D eigenvalue weighted by Gasteiger charge is 2.61. The molecule has 2 fully saturated rings. The number of hydrogen-bond donors (Lipinski definition) is 1. The minimum atomic E-state index is -3.06. The van der Waals surface area contributed by atoms with Crippen molar-refractivity contribution >= 4 is 15.7 Å². The number of rotatable bonds is 3. The largest absolute Gasteiger partial charge is 0.348 e. The topological polar surface area (TPSA) is 63.2 Å². The molecule has 1 saturated carbocycles. The smallest absolute Gasteiger partial charge is 0.250 e. The lowest BCUT2D eigenvalue weighted by molar-refractivity contribution is -0.181. The standard InChI is InChI=1S/C11H17F2NO3S/c1-3-10(4-11(12,13)5-10)8(15)14-9(2)6-18(16,17)7-9/h3-7H2,1-2H3,(H,14,15). The number of hydrogen-bond acceptors (Lipinski definition) is 3. The van der Waals surface area contributed by atoms with E-state index < -0.39 is 45.5 Å². The zero-order valence-corrected chi connectivity index (χ0v) is 11.2. The van der Waals surface area contributed by atoms with Crippen LogP contribution in [-0.2, 0) is 14.6 Å². The molecule has 1 aliphatic heterocycles. The Labute approximate surface area is 105 Å². The maximum atomic E-state index is 13.0. The molecule has 18 heavy (non-hydrogen) atoms. The third kappa shape index (κ3) is 2.24. The fourth-order valence-corrected chi connectivity index (χ4v) is 4.92. The third-order valence-corrected chi connectivity index (χ3v) is 6.00. The van der Waals surface area contributed by atoms with Crippen LogP contribution in [0, 0.1) is 5.41 Å². The van der Waals surface area contributed by atoms with E-state index >= 15 is 0 Å². The van der Waals surface area contributed by atoms with Gasteiger partial charge < -0.3 is 5.32 Å². The highest BCUT2D eigenvalue weighted by atomic mass is 32.2. The molecule has 0 aromatic rings. The van der Waals surface area contributed by atoms with Crippen molar-refractivity contribution in [2.24, 2.45) is 5.41 Å². The second-order valence-corrected chi connectivity index (χ2v) is 7.95. The quantitative estimate of drug-likeness (QED) is 0.843. The molecule has 0 bridgehead atoms. The maximum absolute atomic E-state index is 13.0. The van der Waals surface area contributed by atoms with E-state index in [2.05, 4.69) is 5.32 Å². The van der Waals surface area contributed by atoms with Gasteiger partial charge in [-0.2, -0.15) is 0 Å². The van der Waals surface area contributed by atoms with E-state index in [0.29, 0.717) is 6.42 Å². The Morgan fingerprint density at radius 3 is 2.11 bits per heavy atom. The third-order valence-electron chi connectivity index (χ3n) is 3.84. The van der Waals surface area contributed by atoms with Gasteiger partial charge in [0.1, 0.15) is 0 Å². The molecular formula is C11H17F2NO3S. The van der Waals surface area contributed by atoms with Crippen LogP contribution < -0.4 is 5.32 Å². The molecule has 7 heteroatoms. The van der Waals surface area contributed by atoms with Crippen LogP contribution in [0.15, 0.2) is 0 Å². The van der Waals surface area contributed by atoms with Crippen LogP contribution in [0.4, 0.5) is 8.78 Å². The lowest BCUT2D eigenvalue weighted by Crippen LogP contribution is -2.67. The van der Waals surface area contributed by atoms with Crippen molar-refractivity contribution in [1.29, 1.82) is 0 Å². The van der Waals surface area contributed by atoms with Crippen molar-refractivity contribution in [1.82, 2.24) is 5.32 Å². The Morgan fingerprint density at radius 1 is 1.28 bits per heavy atom. The Morgan fingerprint density at radius 2 is 1.78 bits per heavy atom. The lowest BCUT2D eigenvalue weighted by Gasteiger charge is -2.48. The first-order valence-corrected chi connectivity index (χ1v) is 7.75. The molecule has 1 heterocycles. The van der Waals surface area contributed by atoms with Gasteiger partial charge in [-0.1, -0.05) is 6.92 Å². The molecule has 0 aromatic heterocycles. The first kappa shape index (κ1) is 13.7. The highest BCUT2D eigenvalue weighted by Crippen LogP contribution is 2.54. The van der Waals surface area contributed by atoms with E-state index in [-0.39, 0.29) is 11.5 Å². The molecule has 0 atom stereocenters. The van der Waals surface area contributed by atoms with Crippen molar-refractivity contribution in [3.05, 3.63) is 0 Å². The van der Waals surface area contributed by atoms with Crippen LogP contribution in [0.2, 0.25) is 0 Å². The maximum Gasteiger partial charge on any atom is 0.250 e. The van der Waals surface area contributed by atoms with E-state index in [1.54, 1.807) is 13.8 Å². The zero-order chi connectivity index (χ0) is 13.8. The van der Waals surface area contributed by atoms with Crippen LogP contribution in [-0.4, -0.2) is 37.3 Å². The number of sulfone groups is 1. The molecule has 1 amide bonds. The fraction of sp³-hybridized carbons (Fsp3) is 0.909. The Bertz CT molecular complexity index is 467. The number of halogens is 2. The van der Waals surface area contributed by atoms with Gasteiger partial charge in [0.05, 0.1) is 22.5 Å². The van der Waals surface area contributed by atoms with Crippen molar-refractivity contribution in [2.45, 2.75) is 44.6 Å². The molecule has 0 radical (unpaired) electrons. The Balaban J connectivity index is 2.01. The van der Waals surface area contributed by atoms with Gasteiger partial charge in [0.2, 0.25) is 11.8 Å². The number of amides is 1. The summed E-state index contributed by atoms with van der Waals surface area (Å²) in [4.78, 5) is 12.0. The predicted molar refractivity (Wildman–Crippen MR) is 62.1 cm³/mol. The highest BCUT2D eigenvalue weighted by molar-refractivity contribution is 7.93. The van der Waals surface area contributed by atoms with Crippen LogP contribution in [0.5, 0.6) is 0 Å². The number of alkyl halides is 2. The summed E-state index contributed by atoms with van der Waals surface area (Å²) in [5.41, 5.74) is -1.81. The second-order valence-electron chi connectivity index (χ2n) is 5.89. The summed E-state index contributed by atoms with van der Waals surface area (Å²) < 4.78 is 48.1. The van der Waals surface area contributed by atoms with Crippen molar-refractivity contribution < 1.29 is 22.0 Å². The van der Waals surface area contributed by atoms with Gasteiger partial charge in [0.25, 0.3) is 0 Å². The van der Waals surface area contributed by atoms with Gasteiger partial charge >= 0.3 is 0 Å². The summed E-state index contributed by atoms with van der Waals surface area (Å²) in [6, 6.07) is 0. The Hall–Kier alpha value is -0.720. The molecule has 0 aromatic carbocycles. The molecule has 104 valence electrons. The molecule has 0 unspecified atom stereocenters. The first-order valence-electron chi connectivity index (χ1n) is 5.92. The van der Waals surface area contributed by atoms with E-state index in [9.17, 15) is 22.0 Å². The molecule has 1 saturated heterocycles. The van der Waals surface area contributed by atoms with Crippen LogP contribution in [0.25, 0.3) is 0 Å². The molecule has 2 rings (SSSR count). The summed E-state index contributed by atoms with van der Waals surface area (Å²) in [5.74, 6) is -3.42. The SMILES string of the molecule is CCC1(C(=O)NC2(C)CS(=O)(=O)C2)CC(F)(F)C1. The minimum Gasteiger partial charge on any atom is -0.348 e. The van der Waals surface area contributed by atoms with Gasteiger partial charge in [0.15, 0.2) is 9.84 Å². The average Bonchev–Trinajstić information content (AvgIpc) is 2.08. The van der Waals surface area contributed by atoms with E-state index in [4.69, 9.17) is 0 Å². The summed E-state index contributed by atoms with van der Waals surface area (Å²) in [6.45, 7) is 3.33. The van der Waals surface area contributed by atoms with Crippen LogP contribution in [0.1, 0.15) is 33.1 Å². The molecule has 2 aliphatic rings. The number of carbonyl (C=O) groups is 1. The first-order chi connectivity index (χ1) is 8.02. The summed E-state index contributed by atoms with van der Waals surface area (Å²) in [5, 5.41) is 2.63. The number of nitrogens with one attached hydrogen (secondary N) is 1. The van der Waals surface area contributed by atoms with E-state index in [0.717, 1.165) is 0 Å². The zero-order valence-electron chi connectivity index (χ0n) is 10.4. The Kier molecular flexibility index (Phi) is 2.78. The van der Waals surface area contributed by atoms with Gasteiger partial charge in [-0.25, -0.2) is 17.2 Å². The molecule has 1 N–H and O–H groups in total.